The fourth-order valence-electron chi connectivity index (χ4n) is 21.0. The Kier molecular flexibility index (Phi) is 34.7. The first kappa shape index (κ1) is 101. The Morgan fingerprint density at radius 1 is 0.555 bits per heavy atom. The number of nitrogens with one attached hydrogen (secondary N) is 4. The number of fused-ring (bicyclic) bond motifs is 4. The molecule has 4 bridgehead atoms. The molecule has 25 nitrogen and oxygen atoms in total. The summed E-state index contributed by atoms with van der Waals surface area (Å²) in [6, 6.07) is 41.6. The molecule has 3 saturated heterocycles. The van der Waals surface area contributed by atoms with Gasteiger partial charge in [0.15, 0.2) is 8.32 Å². The third kappa shape index (κ3) is 23.9. The number of hydrogen-bond acceptors (Lipinski definition) is 21. The summed E-state index contributed by atoms with van der Waals surface area (Å²) in [4.78, 5) is 78.2. The molecule has 3 heterocycles. The normalized spacial score (nSPS) is 25.5. The van der Waals surface area contributed by atoms with E-state index in [0.29, 0.717) is 104 Å². The number of anilines is 2. The zero-order chi connectivity index (χ0) is 93.0. The van der Waals surface area contributed by atoms with Crippen molar-refractivity contribution in [3.05, 3.63) is 167 Å². The first-order valence-corrected chi connectivity index (χ1v) is 49.5. The van der Waals surface area contributed by atoms with E-state index in [0.717, 1.165) is 81.9 Å². The number of carbonyl (C=O) groups is 4. The van der Waals surface area contributed by atoms with Crippen LogP contribution in [0.5, 0.6) is 11.5 Å². The second-order valence-electron chi connectivity index (χ2n) is 40.7. The van der Waals surface area contributed by atoms with Gasteiger partial charge in [-0.2, -0.15) is 10.1 Å². The number of aliphatic hydroxyl groups excluding tert-OH is 5. The number of benzene rings is 6. The van der Waals surface area contributed by atoms with Gasteiger partial charge in [0.25, 0.3) is 11.8 Å². The first-order chi connectivity index (χ1) is 60.7. The van der Waals surface area contributed by atoms with Gasteiger partial charge in [-0.1, -0.05) is 159 Å². The Bertz CT molecular complexity index is 4610. The highest BCUT2D eigenvalue weighted by atomic mass is 28.4. The van der Waals surface area contributed by atoms with Crippen LogP contribution in [0.25, 0.3) is 22.3 Å². The number of ether oxygens (including phenoxy) is 3. The molecule has 6 aromatic rings. The molecule has 0 spiro atoms. The second kappa shape index (κ2) is 44.1. The lowest BCUT2D eigenvalue weighted by atomic mass is 9.45. The van der Waals surface area contributed by atoms with E-state index in [1.807, 2.05) is 150 Å². The average Bonchev–Trinajstić information content (AvgIpc) is 1.09. The van der Waals surface area contributed by atoms with Gasteiger partial charge < -0.3 is 85.0 Å². The quantitative estimate of drug-likeness (QED) is 0.0165. The summed E-state index contributed by atoms with van der Waals surface area (Å²) in [5.74, 6) is 1.80. The van der Waals surface area contributed by atoms with Gasteiger partial charge in [-0.25, -0.2) is 0 Å². The van der Waals surface area contributed by atoms with E-state index < -0.39 is 56.7 Å². The predicted octanol–water partition coefficient (Wildman–Crippen LogP) is 12.5. The number of nitrogens with zero attached hydrogens (tertiary/aromatic N) is 6. The molecule has 3 aliphatic heterocycles. The number of aliphatic hydroxyl groups is 5. The van der Waals surface area contributed by atoms with Crippen molar-refractivity contribution in [1.82, 2.24) is 41.2 Å². The third-order valence-electron chi connectivity index (χ3n) is 29.7. The third-order valence-corrected chi connectivity index (χ3v) is 34.2. The maximum Gasteiger partial charge on any atom is 0.251 e. The molecule has 0 aromatic heterocycles. The summed E-state index contributed by atoms with van der Waals surface area (Å²) in [7, 11) is 13.1. The number of hydrogen-bond donors (Lipinski definition) is 9. The summed E-state index contributed by atoms with van der Waals surface area (Å²) in [6.45, 7) is 32.7. The molecular weight excluding hydrogens is 1630 g/mol. The fraction of sp³-hybridized carbons (Fsp3) is 0.608. The van der Waals surface area contributed by atoms with Gasteiger partial charge in [-0.3, -0.25) is 28.9 Å². The van der Waals surface area contributed by atoms with Crippen LogP contribution in [-0.4, -0.2) is 260 Å². The zero-order valence-electron chi connectivity index (χ0n) is 80.2. The summed E-state index contributed by atoms with van der Waals surface area (Å²) in [5.41, 5.74) is 9.89. The van der Waals surface area contributed by atoms with E-state index in [1.165, 1.54) is 25.7 Å². The number of likely N-dealkylation sites (N-methyl/N-ethyl adjacent to an activating group) is 4. The fourth-order valence-corrected chi connectivity index (χ4v) is 22.0. The highest BCUT2D eigenvalue weighted by Gasteiger charge is 2.60. The minimum absolute atomic E-state index is 0.0194. The van der Waals surface area contributed by atoms with Crippen molar-refractivity contribution in [3.63, 3.8) is 0 Å². The second-order valence-corrected chi connectivity index (χ2v) is 45.6. The first-order valence-electron chi connectivity index (χ1n) is 46.6. The summed E-state index contributed by atoms with van der Waals surface area (Å²) >= 11 is 0. The van der Waals surface area contributed by atoms with Gasteiger partial charge in [0.1, 0.15) is 35.8 Å². The van der Waals surface area contributed by atoms with Crippen LogP contribution in [0.1, 0.15) is 158 Å². The highest BCUT2D eigenvalue weighted by molar-refractivity contribution is 6.74. The number of hydroxylamine groups is 4. The molecule has 6 aromatic carbocycles. The van der Waals surface area contributed by atoms with E-state index in [9.17, 15) is 44.7 Å². The van der Waals surface area contributed by atoms with Crippen molar-refractivity contribution in [1.29, 1.82) is 0 Å². The van der Waals surface area contributed by atoms with E-state index in [-0.39, 0.29) is 96.6 Å². The molecule has 128 heavy (non-hydrogen) atoms. The summed E-state index contributed by atoms with van der Waals surface area (Å²) in [6.07, 6.45) is 4.73. The van der Waals surface area contributed by atoms with Crippen molar-refractivity contribution in [2.45, 2.75) is 219 Å². The topological polar surface area (TPSA) is 292 Å². The van der Waals surface area contributed by atoms with Crippen molar-refractivity contribution in [2.75, 3.05) is 132 Å². The van der Waals surface area contributed by atoms with Crippen LogP contribution in [0.4, 0.5) is 11.4 Å². The molecule has 704 valence electrons. The lowest BCUT2D eigenvalue weighted by Crippen LogP contribution is -2.62. The van der Waals surface area contributed by atoms with E-state index >= 15 is 0 Å². The van der Waals surface area contributed by atoms with Crippen molar-refractivity contribution in [3.8, 4) is 33.8 Å². The van der Waals surface area contributed by atoms with Gasteiger partial charge in [0.2, 0.25) is 11.8 Å². The van der Waals surface area contributed by atoms with E-state index in [1.54, 1.807) is 38.2 Å². The predicted molar refractivity (Wildman–Crippen MR) is 509 cm³/mol. The van der Waals surface area contributed by atoms with E-state index in [2.05, 4.69) is 142 Å². The van der Waals surface area contributed by atoms with Crippen LogP contribution in [0.3, 0.4) is 0 Å². The Morgan fingerprint density at radius 2 is 0.953 bits per heavy atom. The van der Waals surface area contributed by atoms with Crippen molar-refractivity contribution in [2.24, 2.45) is 58.2 Å². The van der Waals surface area contributed by atoms with E-state index in [4.69, 9.17) is 28.3 Å². The van der Waals surface area contributed by atoms with Crippen LogP contribution in [0.2, 0.25) is 18.1 Å². The van der Waals surface area contributed by atoms with Gasteiger partial charge in [0.05, 0.1) is 65.9 Å². The van der Waals surface area contributed by atoms with Gasteiger partial charge >= 0.3 is 0 Å². The van der Waals surface area contributed by atoms with Gasteiger partial charge in [0, 0.05) is 134 Å². The number of carbonyl (C=O) groups excluding carboxylic acids is 4. The minimum atomic E-state index is -1.99. The summed E-state index contributed by atoms with van der Waals surface area (Å²) in [5, 5.41) is 69.5. The lowest BCUT2D eigenvalue weighted by molar-refractivity contribution is -0.183. The SMILES string of the molecule is C1CCOC1.COc1c(CN2O[C@@H](CO)[C@@H]([C@H](C)O)[C@H]2C(=O)N[C@H]2C[C@H]3C[C@@H]([C@@H]2C)C3(C)C)cccc1-c1cc(C(=O)N[C@@H](Cc2ccccc2)CN(C)C)cc(N(C)CCO)c1.COc1c(CN2O[C@@H](CO)[C@@H]([C@H](C)O)[C@H]2C(=O)N[C@H]2C[C@H]3C[C@@H]([C@@H]2C)C3(C)C)cccc1-c1cc(C(=O)N[C@@H](Cc2ccccc2)CN(C)C)cc(N(C)CCO[Si](C)(C)C(C)(C)C)c1. The number of para-hydroxylation sites is 2. The van der Waals surface area contributed by atoms with Gasteiger partial charge in [-0.05, 0) is 217 Å². The van der Waals surface area contributed by atoms with Crippen LogP contribution in [0, 0.1) is 58.2 Å². The standard InChI is InChI=1S/C52H79N5O7Si.C46H65N5O7.C4H8O/c1-33-43-28-39(52(43,6)7)29-44(33)54-50(61)47-46(34(2)59)45(32-58)64-57(47)30-36-20-17-21-42(48(36)62-11)37-25-38(27-41(26-37)56(10)22-23-63-65(12,13)51(3,4)5)49(60)53-40(31-55(8)9)24-35-18-15-14-16-19-35;1-28-38-23-34(46(38,3)4)24-39(28)48-45(56)42-41(29(2)54)40(27-53)58-51(42)25-31-15-12-16-37(43(31)57-8)32-20-33(22-36(21-32)50(7)17-18-52)44(55)47-35(26-49(5)6)19-30-13-10-9-11-14-30;1-2-4-5-3-1/h14-21,25-27,33-34,39-40,43-47,58-59H,22-24,28-32H2,1-13H3,(H,53,60)(H,54,61);9-16,20-22,28-29,34-35,38-42,52-54H,17-19,23-27H2,1-8H3,(H,47,55)(H,48,56);1-4H2/t33-,34-,39+,40-,43-,44-,45-,46+,47-;28-,29-,34+,35-,38-,39-,40-,41+,42-;/m00./s1. The lowest BCUT2D eigenvalue weighted by Gasteiger charge is -2.62. The molecule has 6 saturated carbocycles. The van der Waals surface area contributed by atoms with Crippen molar-refractivity contribution < 1.29 is 73.0 Å². The Hall–Kier alpha value is -7.90. The number of amides is 4. The van der Waals surface area contributed by atoms with Crippen LogP contribution in [-0.2, 0) is 54.4 Å². The maximum absolute atomic E-state index is 14.5. The maximum atomic E-state index is 14.5. The summed E-state index contributed by atoms with van der Waals surface area (Å²) < 4.78 is 23.9. The Balaban J connectivity index is 0.000000236. The zero-order valence-corrected chi connectivity index (χ0v) is 81.2. The van der Waals surface area contributed by atoms with Crippen molar-refractivity contribution >= 4 is 43.3 Å². The molecule has 9 N–H and O–H groups in total. The number of rotatable bonds is 36. The van der Waals surface area contributed by atoms with Crippen LogP contribution >= 0.6 is 0 Å². The Morgan fingerprint density at radius 3 is 1.28 bits per heavy atom. The molecule has 18 atom stereocenters. The average molecular weight is 1790 g/mol. The molecule has 4 amide bonds. The van der Waals surface area contributed by atoms with Crippen LogP contribution < -0.4 is 40.5 Å². The smallest absolute Gasteiger partial charge is 0.251 e. The molecule has 9 fully saturated rings. The molecule has 0 unspecified atom stereocenters. The molecule has 15 rings (SSSR count). The molecule has 9 aliphatic rings. The largest absolute Gasteiger partial charge is 0.496 e. The molecule has 26 heteroatoms. The molecular formula is C102H152N10O15Si. The Labute approximate surface area is 763 Å². The van der Waals surface area contributed by atoms with Gasteiger partial charge in [-0.15, -0.1) is 0 Å². The molecule has 0 radical (unpaired) electrons. The molecule has 6 aliphatic carbocycles. The van der Waals surface area contributed by atoms with Crippen LogP contribution in [0.15, 0.2) is 133 Å². The highest BCUT2D eigenvalue weighted by Crippen LogP contribution is 2.63. The number of methoxy groups -OCH3 is 2. The monoisotopic (exact) mass is 1790 g/mol. The minimum Gasteiger partial charge on any atom is -0.496 e.